The third-order valence-corrected chi connectivity index (χ3v) is 4.81. The van der Waals surface area contributed by atoms with Gasteiger partial charge < -0.3 is 5.73 Å². The van der Waals surface area contributed by atoms with Crippen LogP contribution in [0.15, 0.2) is 79.4 Å². The van der Waals surface area contributed by atoms with Crippen molar-refractivity contribution in [2.45, 2.75) is 6.18 Å². The quantitative estimate of drug-likeness (QED) is 0.472. The lowest BCUT2D eigenvalue weighted by Gasteiger charge is -2.07. The third kappa shape index (κ3) is 3.45. The molecule has 1 aromatic heterocycles. The average molecular weight is 407 g/mol. The molecule has 4 aromatic rings. The summed E-state index contributed by atoms with van der Waals surface area (Å²) in [6.45, 7) is 3.71. The van der Waals surface area contributed by atoms with Gasteiger partial charge in [0.1, 0.15) is 5.69 Å². The minimum Gasteiger partial charge on any atom is -0.366 e. The van der Waals surface area contributed by atoms with E-state index < -0.39 is 17.6 Å². The number of para-hydroxylation sites is 1. The molecule has 0 atom stereocenters. The van der Waals surface area contributed by atoms with Crippen molar-refractivity contribution in [1.29, 1.82) is 0 Å². The van der Waals surface area contributed by atoms with Crippen LogP contribution in [0.5, 0.6) is 0 Å². The van der Waals surface area contributed by atoms with E-state index in [0.717, 1.165) is 23.0 Å². The molecule has 0 saturated heterocycles. The zero-order valence-corrected chi connectivity index (χ0v) is 15.6. The maximum Gasteiger partial charge on any atom is 0.416 e. The summed E-state index contributed by atoms with van der Waals surface area (Å²) in [5.74, 6) is -0.622. The molecule has 0 aliphatic carbocycles. The fraction of sp³-hybridized carbons (Fsp3) is 0.0435. The summed E-state index contributed by atoms with van der Waals surface area (Å²) in [5, 5.41) is 5.44. The number of hydrogen-bond acceptors (Lipinski definition) is 2. The molecule has 0 aliphatic rings. The van der Waals surface area contributed by atoms with Gasteiger partial charge in [0, 0.05) is 16.5 Å². The second-order valence-electron chi connectivity index (χ2n) is 6.75. The van der Waals surface area contributed by atoms with Crippen LogP contribution in [0.25, 0.3) is 33.4 Å². The van der Waals surface area contributed by atoms with Crippen LogP contribution in [0.3, 0.4) is 0 Å². The summed E-state index contributed by atoms with van der Waals surface area (Å²) in [6.07, 6.45) is -4.40. The predicted octanol–water partition coefficient (Wildman–Crippen LogP) is 5.21. The van der Waals surface area contributed by atoms with Crippen LogP contribution in [-0.2, 0) is 11.0 Å². The number of nitrogens with two attached hydrogens (primary N) is 1. The van der Waals surface area contributed by atoms with Crippen LogP contribution < -0.4 is 5.73 Å². The maximum atomic E-state index is 12.9. The van der Waals surface area contributed by atoms with Gasteiger partial charge in [-0.15, -0.1) is 0 Å². The molecule has 4 rings (SSSR count). The van der Waals surface area contributed by atoms with Gasteiger partial charge in [-0.1, -0.05) is 49.0 Å². The topological polar surface area (TPSA) is 60.9 Å². The van der Waals surface area contributed by atoms with E-state index in [1.807, 2.05) is 30.3 Å². The summed E-state index contributed by atoms with van der Waals surface area (Å²) in [7, 11) is 0. The fourth-order valence-electron chi connectivity index (χ4n) is 3.26. The van der Waals surface area contributed by atoms with Crippen LogP contribution in [0.1, 0.15) is 11.1 Å². The lowest BCUT2D eigenvalue weighted by atomic mass is 10.1. The van der Waals surface area contributed by atoms with E-state index in [1.165, 1.54) is 12.1 Å². The number of rotatable bonds is 4. The molecule has 150 valence electrons. The number of fused-ring (bicyclic) bond motifs is 1. The Balaban J connectivity index is 1.86. The van der Waals surface area contributed by atoms with Crippen LogP contribution in [0.4, 0.5) is 13.2 Å². The maximum absolute atomic E-state index is 12.9. The molecule has 3 aromatic carbocycles. The summed E-state index contributed by atoms with van der Waals surface area (Å²) in [6, 6.07) is 19.4. The fourth-order valence-corrected chi connectivity index (χ4v) is 3.26. The molecule has 0 radical (unpaired) electrons. The first kappa shape index (κ1) is 19.4. The molecule has 0 saturated carbocycles. The molecule has 4 nitrogen and oxygen atoms in total. The predicted molar refractivity (Wildman–Crippen MR) is 110 cm³/mol. The molecule has 30 heavy (non-hydrogen) atoms. The monoisotopic (exact) mass is 407 g/mol. The Morgan fingerprint density at radius 3 is 2.33 bits per heavy atom. The summed E-state index contributed by atoms with van der Waals surface area (Å²) >= 11 is 0. The van der Waals surface area contributed by atoms with Gasteiger partial charge in [0.15, 0.2) is 0 Å². The SMILES string of the molecule is C=C(C(N)=O)c1cccc(-n2nc(-c3ccc(C(F)(F)F)cc3)c3ccccc32)c1. The van der Waals surface area contributed by atoms with Crippen LogP contribution >= 0.6 is 0 Å². The van der Waals surface area contributed by atoms with E-state index in [9.17, 15) is 18.0 Å². The zero-order valence-electron chi connectivity index (χ0n) is 15.6. The Kier molecular flexibility index (Phi) is 4.66. The minimum atomic E-state index is -4.40. The van der Waals surface area contributed by atoms with Crippen molar-refractivity contribution < 1.29 is 18.0 Å². The number of aromatic nitrogens is 2. The van der Waals surface area contributed by atoms with Crippen molar-refractivity contribution in [3.8, 4) is 16.9 Å². The molecular formula is C23H16F3N3O. The van der Waals surface area contributed by atoms with Gasteiger partial charge in [-0.25, -0.2) is 4.68 Å². The number of halogens is 3. The Labute approximate surface area is 170 Å². The van der Waals surface area contributed by atoms with Gasteiger partial charge in [-0.2, -0.15) is 18.3 Å². The smallest absolute Gasteiger partial charge is 0.366 e. The van der Waals surface area contributed by atoms with E-state index in [0.29, 0.717) is 22.5 Å². The molecule has 0 spiro atoms. The van der Waals surface area contributed by atoms with E-state index in [1.54, 1.807) is 22.9 Å². The van der Waals surface area contributed by atoms with Crippen molar-refractivity contribution in [3.63, 3.8) is 0 Å². The van der Waals surface area contributed by atoms with Crippen molar-refractivity contribution in [2.24, 2.45) is 5.73 Å². The number of primary amides is 1. The Bertz CT molecular complexity index is 1270. The van der Waals surface area contributed by atoms with E-state index in [2.05, 4.69) is 11.7 Å². The molecule has 7 heteroatoms. The second-order valence-corrected chi connectivity index (χ2v) is 6.75. The molecule has 0 bridgehead atoms. The van der Waals surface area contributed by atoms with Gasteiger partial charge in [-0.3, -0.25) is 4.79 Å². The van der Waals surface area contributed by atoms with Gasteiger partial charge in [-0.05, 0) is 35.9 Å². The van der Waals surface area contributed by atoms with Gasteiger partial charge in [0.25, 0.3) is 0 Å². The number of nitrogens with zero attached hydrogens (tertiary/aromatic N) is 2. The Morgan fingerprint density at radius 2 is 1.67 bits per heavy atom. The Morgan fingerprint density at radius 1 is 0.967 bits per heavy atom. The van der Waals surface area contributed by atoms with Crippen molar-refractivity contribution in [1.82, 2.24) is 9.78 Å². The largest absolute Gasteiger partial charge is 0.416 e. The number of carbonyl (C=O) groups is 1. The third-order valence-electron chi connectivity index (χ3n) is 4.81. The lowest BCUT2D eigenvalue weighted by Crippen LogP contribution is -2.12. The summed E-state index contributed by atoms with van der Waals surface area (Å²) < 4.78 is 40.4. The number of hydrogen-bond donors (Lipinski definition) is 1. The lowest BCUT2D eigenvalue weighted by molar-refractivity contribution is -0.137. The van der Waals surface area contributed by atoms with Crippen LogP contribution in [0.2, 0.25) is 0 Å². The highest BCUT2D eigenvalue weighted by Crippen LogP contribution is 2.34. The second kappa shape index (κ2) is 7.18. The number of carbonyl (C=O) groups excluding carboxylic acids is 1. The molecule has 2 N–H and O–H groups in total. The average Bonchev–Trinajstić information content (AvgIpc) is 3.12. The minimum absolute atomic E-state index is 0.177. The van der Waals surface area contributed by atoms with Crippen LogP contribution in [-0.4, -0.2) is 15.7 Å². The first-order chi connectivity index (χ1) is 14.3. The van der Waals surface area contributed by atoms with E-state index in [4.69, 9.17) is 5.73 Å². The number of amides is 1. The van der Waals surface area contributed by atoms with Crippen molar-refractivity contribution in [2.75, 3.05) is 0 Å². The molecule has 0 unspecified atom stereocenters. The molecule has 1 heterocycles. The summed E-state index contributed by atoms with van der Waals surface area (Å²) in [4.78, 5) is 11.5. The highest BCUT2D eigenvalue weighted by molar-refractivity contribution is 6.18. The molecule has 1 amide bonds. The van der Waals surface area contributed by atoms with Gasteiger partial charge >= 0.3 is 6.18 Å². The van der Waals surface area contributed by atoms with Crippen molar-refractivity contribution >= 4 is 22.4 Å². The van der Waals surface area contributed by atoms with Gasteiger partial charge in [0.2, 0.25) is 5.91 Å². The summed E-state index contributed by atoms with van der Waals surface area (Å²) in [5.41, 5.74) is 7.92. The first-order valence-corrected chi connectivity index (χ1v) is 9.00. The molecular weight excluding hydrogens is 391 g/mol. The number of alkyl halides is 3. The standard InChI is InChI=1S/C23H16F3N3O/c1-14(22(27)30)16-5-4-6-18(13-16)29-20-8-3-2-7-19(20)21(28-29)15-9-11-17(12-10-15)23(24,25)26/h2-13H,1H2,(H2,27,30). The molecule has 0 fully saturated rings. The van der Waals surface area contributed by atoms with E-state index in [-0.39, 0.29) is 5.57 Å². The van der Waals surface area contributed by atoms with E-state index >= 15 is 0 Å². The first-order valence-electron chi connectivity index (χ1n) is 9.00. The van der Waals surface area contributed by atoms with Gasteiger partial charge in [0.05, 0.1) is 16.8 Å². The normalized spacial score (nSPS) is 11.6. The number of benzene rings is 3. The Hall–Kier alpha value is -3.87. The zero-order chi connectivity index (χ0) is 21.5. The van der Waals surface area contributed by atoms with Crippen LogP contribution in [0, 0.1) is 0 Å². The molecule has 0 aliphatic heterocycles. The highest BCUT2D eigenvalue weighted by Gasteiger charge is 2.30. The van der Waals surface area contributed by atoms with Crippen molar-refractivity contribution in [3.05, 3.63) is 90.5 Å². The highest BCUT2D eigenvalue weighted by atomic mass is 19.4.